The number of fused-ring (bicyclic) bond motifs is 1. The molecule has 17 rings (SSSR count). The maximum atomic E-state index is 13.2. The smallest absolute Gasteiger partial charge is 0.251 e. The van der Waals surface area contributed by atoms with Crippen LogP contribution in [0.4, 0.5) is 8.78 Å². The Bertz CT molecular complexity index is 7280. The van der Waals surface area contributed by atoms with Gasteiger partial charge in [0, 0.05) is 174 Å². The second-order valence-electron chi connectivity index (χ2n) is 27.6. The molecular weight excluding hydrogens is 2150 g/mol. The Balaban J connectivity index is 0.000000175. The van der Waals surface area contributed by atoms with Crippen molar-refractivity contribution in [3.63, 3.8) is 0 Å². The van der Waals surface area contributed by atoms with E-state index in [0.717, 1.165) is 88.6 Å². The van der Waals surface area contributed by atoms with E-state index < -0.39 is 5.95 Å². The van der Waals surface area contributed by atoms with Gasteiger partial charge in [-0.05, 0) is 122 Å². The molecule has 0 radical (unpaired) electrons. The summed E-state index contributed by atoms with van der Waals surface area (Å²) in [6.45, 7) is 18.0. The molecule has 16 heterocycles. The lowest BCUT2D eigenvalue weighted by molar-refractivity contribution is 0.392. The van der Waals surface area contributed by atoms with Gasteiger partial charge in [0.2, 0.25) is 5.95 Å². The van der Waals surface area contributed by atoms with Crippen molar-refractivity contribution in [3.8, 4) is 0 Å². The summed E-state index contributed by atoms with van der Waals surface area (Å²) < 4.78 is 34.6. The molecule has 0 atom stereocenters. The van der Waals surface area contributed by atoms with Crippen LogP contribution >= 0.6 is 221 Å². The van der Waals surface area contributed by atoms with Gasteiger partial charge >= 0.3 is 0 Å². The fraction of sp³-hybridized carbons (Fsp3) is 0.214. The summed E-state index contributed by atoms with van der Waals surface area (Å²) in [5, 5.41) is 17.7. The maximum absolute atomic E-state index is 13.2. The van der Waals surface area contributed by atoms with Gasteiger partial charge in [0.15, 0.2) is 40.6 Å². The number of thiazole rings is 2. The highest BCUT2D eigenvalue weighted by molar-refractivity contribution is 8.00. The highest BCUT2D eigenvalue weighted by atomic mass is 35.5. The van der Waals surface area contributed by atoms with Crippen molar-refractivity contribution >= 4 is 232 Å². The molecule has 137 heavy (non-hydrogen) atoms. The van der Waals surface area contributed by atoms with Crippen molar-refractivity contribution in [3.05, 3.63) is 356 Å². The number of pyridine rings is 2. The number of rotatable bonds is 24. The van der Waals surface area contributed by atoms with Crippen LogP contribution in [-0.2, 0) is 46.1 Å². The van der Waals surface area contributed by atoms with E-state index in [4.69, 9.17) is 74.1 Å². The normalized spacial score (nSPS) is 10.6. The number of hydrogen-bond acceptors (Lipinski definition) is 35. The molecule has 0 saturated carbocycles. The number of halogens is 9. The van der Waals surface area contributed by atoms with Crippen LogP contribution < -0.4 is 44.5 Å². The molecular formula is C84H78Cl7F2N23O9S12. The summed E-state index contributed by atoms with van der Waals surface area (Å²) in [5.74, 6) is 5.36. The Labute approximate surface area is 864 Å². The van der Waals surface area contributed by atoms with Crippen molar-refractivity contribution in [1.29, 1.82) is 0 Å². The molecule has 1 aromatic carbocycles. The van der Waals surface area contributed by atoms with E-state index in [1.54, 1.807) is 99.7 Å². The summed E-state index contributed by atoms with van der Waals surface area (Å²) >= 11 is 52.9. The zero-order valence-corrected chi connectivity index (χ0v) is 88.3. The highest BCUT2D eigenvalue weighted by Crippen LogP contribution is 2.36. The third-order valence-electron chi connectivity index (χ3n) is 16.5. The Morgan fingerprint density at radius 1 is 0.438 bits per heavy atom. The molecule has 0 unspecified atom stereocenters. The lowest BCUT2D eigenvalue weighted by Crippen LogP contribution is -2.08. The SMILES string of the molecule is Cc1cc(=O)[nH]c(SCc2c(C)noc2C)n1.Cc1cc(=O)[nH]c(SCc2cc(Cl)sc2Cl)n1.Cc1cc(=O)[nH]c(SCc2cccnc2F)n1.Cc1cc(=O)[nH]c(SCc2cncc(F)c2)n1.Cc1cc(=O)[nH]c(SCc2cncs2)n1.Cc1cc(=O)[nH]c(SCc2sc(Cl)nc2Cl)n1.Cc1cc(=O)[nH]c(SCc2sccc2Cl)n1.Cc1nc(SCn2nc3ccccc3c2Cl)cc(=O)[nH]1.Cl. The van der Waals surface area contributed by atoms with Gasteiger partial charge in [0.1, 0.15) is 32.7 Å². The fourth-order valence-electron chi connectivity index (χ4n) is 10.6. The Hall–Kier alpha value is -9.41. The van der Waals surface area contributed by atoms with Crippen LogP contribution in [0.5, 0.6) is 0 Å². The van der Waals surface area contributed by atoms with Crippen molar-refractivity contribution < 1.29 is 13.3 Å². The predicted molar refractivity (Wildman–Crippen MR) is 554 cm³/mol. The molecule has 0 aliphatic carbocycles. The maximum Gasteiger partial charge on any atom is 0.251 e. The fourth-order valence-corrected chi connectivity index (χ4v) is 23.4. The van der Waals surface area contributed by atoms with Crippen molar-refractivity contribution in [2.24, 2.45) is 0 Å². The van der Waals surface area contributed by atoms with Gasteiger partial charge in [-0.15, -0.1) is 57.8 Å². The molecule has 16 aromatic heterocycles. The van der Waals surface area contributed by atoms with E-state index in [9.17, 15) is 47.1 Å². The molecule has 0 bridgehead atoms. The summed E-state index contributed by atoms with van der Waals surface area (Å²) in [6, 6.07) is 27.8. The molecule has 8 N–H and O–H groups in total. The Kier molecular flexibility index (Phi) is 45.6. The minimum absolute atomic E-state index is 0. The Morgan fingerprint density at radius 2 is 0.905 bits per heavy atom. The van der Waals surface area contributed by atoms with Gasteiger partial charge in [0.05, 0.1) is 47.4 Å². The largest absolute Gasteiger partial charge is 0.361 e. The minimum Gasteiger partial charge on any atom is -0.361 e. The number of hydrogen-bond donors (Lipinski definition) is 8. The number of aromatic nitrogens is 23. The zero-order chi connectivity index (χ0) is 98.1. The van der Waals surface area contributed by atoms with Crippen LogP contribution in [0.1, 0.15) is 94.0 Å². The number of aryl methyl sites for hydroxylation is 10. The number of H-pyrrole nitrogens is 8. The topological polar surface area (TPSA) is 461 Å². The second-order valence-corrected chi connectivity index (χ2v) is 42.3. The van der Waals surface area contributed by atoms with Crippen molar-refractivity contribution in [1.82, 2.24) is 115 Å². The van der Waals surface area contributed by atoms with Crippen LogP contribution in [0.3, 0.4) is 0 Å². The quantitative estimate of drug-likeness (QED) is 0.0121. The standard InChI is InChI=1S/C13H11ClN4OS.2C11H10FN3OS.C11H13N3O2S.C10H8Cl2N2OS2.C10H9ClN2OS2.C9H7Cl2N3OS2.C9H9N3OS2.ClH/c1-8-15-11(19)6-12(16-8)20-7-18-13(14)9-4-2-3-5-10(9)17-18;1-7-2-10(16)15-11(14-7)17-6-8-3-9(12)5-13-4-8;1-7-5-9(16)15-11(14-7)17-6-8-3-2-4-13-10(8)12;1-6-4-10(15)13-11(12-6)17-5-9-7(2)14-16-8(9)3;1-5-2-8(15)14-10(13-5)16-4-6-3-7(11)17-9(6)12;1-6-4-9(14)13-10(12-6)16-5-8-7(11)2-3-15-8;1-4-2-6(15)13-9(12-4)16-3-5-7(10)14-8(11)17-5;1-6-2-8(13)12-9(11-6)14-4-7-3-10-5-15-7;/h2-6H,7H2,1H3,(H,15,16,19);2*2-5H,6H2,1H3,(H,14,15,16);4H,5H2,1-3H3,(H,12,13,15);2-3H,4H2,1H3,(H,13,14,15);2-4H,5H2,1H3,(H,12,13,14);2H,3H2,1H3,(H,12,13,15);2-3,5H,4H2,1H3,(H,11,12,13);1H. The third kappa shape index (κ3) is 39.0. The van der Waals surface area contributed by atoms with Crippen molar-refractivity contribution in [2.45, 2.75) is 157 Å². The minimum atomic E-state index is -0.491. The monoisotopic (exact) mass is 2220 g/mol. The van der Waals surface area contributed by atoms with Crippen LogP contribution in [0.25, 0.3) is 10.9 Å². The van der Waals surface area contributed by atoms with Crippen LogP contribution in [-0.4, -0.2) is 115 Å². The summed E-state index contributed by atoms with van der Waals surface area (Å²) in [6.07, 6.45) is 5.97. The molecule has 17 aromatic rings. The third-order valence-corrected chi connectivity index (χ3v) is 30.0. The van der Waals surface area contributed by atoms with Gasteiger partial charge in [-0.2, -0.15) is 9.49 Å². The van der Waals surface area contributed by atoms with Crippen LogP contribution in [0.15, 0.2) is 223 Å². The molecule has 32 nitrogen and oxygen atoms in total. The van der Waals surface area contributed by atoms with E-state index in [2.05, 4.69) is 110 Å². The van der Waals surface area contributed by atoms with Gasteiger partial charge in [-0.1, -0.05) is 187 Å². The van der Waals surface area contributed by atoms with Gasteiger partial charge in [-0.25, -0.2) is 58.9 Å². The summed E-state index contributed by atoms with van der Waals surface area (Å²) in [4.78, 5) is 163. The Morgan fingerprint density at radius 3 is 1.32 bits per heavy atom. The number of thiophene rings is 2. The second kappa shape index (κ2) is 56.1. The molecule has 0 spiro atoms. The zero-order valence-electron chi connectivity index (χ0n) is 73.1. The molecule has 0 amide bonds. The number of thioether (sulfide) groups is 8. The number of nitrogens with zero attached hydrogens (tertiary/aromatic N) is 15. The van der Waals surface area contributed by atoms with Gasteiger partial charge in [0.25, 0.3) is 44.5 Å². The van der Waals surface area contributed by atoms with E-state index in [1.165, 1.54) is 182 Å². The van der Waals surface area contributed by atoms with Crippen molar-refractivity contribution in [2.75, 3.05) is 0 Å². The van der Waals surface area contributed by atoms with E-state index in [-0.39, 0.29) is 62.7 Å². The first-order chi connectivity index (χ1) is 64.9. The predicted octanol–water partition coefficient (Wildman–Crippen LogP) is 20.8. The lowest BCUT2D eigenvalue weighted by atomic mass is 10.2. The molecule has 0 aliphatic heterocycles. The van der Waals surface area contributed by atoms with Crippen LogP contribution in [0.2, 0.25) is 28.5 Å². The first-order valence-electron chi connectivity index (χ1n) is 39.2. The van der Waals surface area contributed by atoms with Gasteiger partial charge < -0.3 is 44.4 Å². The number of aromatic amines is 8. The summed E-state index contributed by atoms with van der Waals surface area (Å²) in [5.41, 5.74) is 10.5. The molecule has 53 heteroatoms. The molecule has 0 aliphatic rings. The van der Waals surface area contributed by atoms with Crippen LogP contribution in [0, 0.1) is 81.0 Å². The highest BCUT2D eigenvalue weighted by Gasteiger charge is 2.16. The average molecular weight is 2220 g/mol. The number of benzene rings is 1. The molecule has 718 valence electrons. The van der Waals surface area contributed by atoms with E-state index in [0.29, 0.717) is 133 Å². The lowest BCUT2D eigenvalue weighted by Gasteiger charge is -2.03. The first kappa shape index (κ1) is 111. The average Bonchev–Trinajstić information content (AvgIpc) is 1.66. The van der Waals surface area contributed by atoms with Gasteiger partial charge in [-0.3, -0.25) is 48.3 Å². The number of nitrogens with one attached hydrogen (secondary N) is 8. The first-order valence-corrected chi connectivity index (χ1v) is 52.7. The summed E-state index contributed by atoms with van der Waals surface area (Å²) in [7, 11) is 0. The van der Waals surface area contributed by atoms with E-state index in [1.807, 2.05) is 68.7 Å². The molecule has 0 saturated heterocycles. The molecule has 0 fully saturated rings. The van der Waals surface area contributed by atoms with E-state index >= 15 is 0 Å².